The van der Waals surface area contributed by atoms with E-state index in [1.54, 1.807) is 0 Å². The van der Waals surface area contributed by atoms with Gasteiger partial charge < -0.3 is 4.74 Å². The van der Waals surface area contributed by atoms with E-state index in [1.807, 2.05) is 0 Å². The fraction of sp³-hybridized carbons (Fsp3) is 1.00. The molecule has 0 aromatic rings. The number of hydrogen-bond acceptors (Lipinski definition) is 2. The minimum absolute atomic E-state index is 0.154. The second kappa shape index (κ2) is 2.42. The maximum atomic E-state index is 12.8. The normalized spacial score (nSPS) is 37.1. The first-order valence-corrected chi connectivity index (χ1v) is 4.18. The summed E-state index contributed by atoms with van der Waals surface area (Å²) < 4.78 is 17.9. The van der Waals surface area contributed by atoms with Crippen LogP contribution < -0.4 is 0 Å². The Hall–Kier alpha value is -0.150. The molecule has 2 aliphatic rings. The first kappa shape index (κ1) is 7.50. The van der Waals surface area contributed by atoms with Crippen LogP contribution in [-0.2, 0) is 4.74 Å². The number of halogens is 1. The van der Waals surface area contributed by atoms with Crippen LogP contribution in [0, 0.1) is 0 Å². The van der Waals surface area contributed by atoms with Crippen LogP contribution >= 0.6 is 0 Å². The highest BCUT2D eigenvalue weighted by Gasteiger charge is 2.42. The maximum absolute atomic E-state index is 12.8. The van der Waals surface area contributed by atoms with Gasteiger partial charge in [-0.1, -0.05) is 0 Å². The van der Waals surface area contributed by atoms with Crippen LogP contribution in [0.3, 0.4) is 0 Å². The molecule has 0 unspecified atom stereocenters. The van der Waals surface area contributed by atoms with Gasteiger partial charge in [0.2, 0.25) is 0 Å². The van der Waals surface area contributed by atoms with Crippen molar-refractivity contribution in [1.82, 2.24) is 4.90 Å². The van der Waals surface area contributed by atoms with Gasteiger partial charge in [0.15, 0.2) is 0 Å². The van der Waals surface area contributed by atoms with E-state index >= 15 is 0 Å². The summed E-state index contributed by atoms with van der Waals surface area (Å²) >= 11 is 0. The van der Waals surface area contributed by atoms with Crippen LogP contribution in [0.1, 0.15) is 13.3 Å². The Kier molecular flexibility index (Phi) is 1.65. The molecule has 0 aromatic heterocycles. The van der Waals surface area contributed by atoms with Crippen LogP contribution in [-0.4, -0.2) is 42.9 Å². The smallest absolute Gasteiger partial charge is 0.114 e. The van der Waals surface area contributed by atoms with Gasteiger partial charge in [-0.15, -0.1) is 0 Å². The Bertz CT molecular complexity index is 158. The quantitative estimate of drug-likeness (QED) is 0.561. The van der Waals surface area contributed by atoms with Crippen molar-refractivity contribution in [2.45, 2.75) is 25.1 Å². The summed E-state index contributed by atoms with van der Waals surface area (Å²) in [6.45, 7) is 5.22. The van der Waals surface area contributed by atoms with Crippen molar-refractivity contribution >= 4 is 0 Å². The van der Waals surface area contributed by atoms with Crippen LogP contribution in [0.25, 0.3) is 0 Å². The number of nitrogens with zero attached hydrogens (tertiary/aromatic N) is 1. The summed E-state index contributed by atoms with van der Waals surface area (Å²) in [5.41, 5.74) is 0.154. The lowest BCUT2D eigenvalue weighted by Crippen LogP contribution is -2.59. The molecule has 2 saturated heterocycles. The molecule has 64 valence electrons. The van der Waals surface area contributed by atoms with E-state index in [-0.39, 0.29) is 5.54 Å². The largest absolute Gasteiger partial charge is 0.377 e. The first-order chi connectivity index (χ1) is 5.21. The molecular formula is C8H14FNO. The molecule has 0 N–H and O–H groups in total. The highest BCUT2D eigenvalue weighted by Crippen LogP contribution is 2.28. The summed E-state index contributed by atoms with van der Waals surface area (Å²) in [5, 5.41) is 0. The molecule has 2 fully saturated rings. The summed E-state index contributed by atoms with van der Waals surface area (Å²) in [5.74, 6) is 0. The van der Waals surface area contributed by atoms with Gasteiger partial charge in [-0.05, 0) is 13.3 Å². The summed E-state index contributed by atoms with van der Waals surface area (Å²) in [4.78, 5) is 2.21. The number of alkyl halides is 1. The second-order valence-electron chi connectivity index (χ2n) is 3.82. The van der Waals surface area contributed by atoms with Gasteiger partial charge in [0.05, 0.1) is 18.8 Å². The Balaban J connectivity index is 1.95. The Morgan fingerprint density at radius 3 is 2.64 bits per heavy atom. The molecule has 0 saturated carbocycles. The van der Waals surface area contributed by atoms with Crippen molar-refractivity contribution in [3.8, 4) is 0 Å². The fourth-order valence-corrected chi connectivity index (χ4v) is 1.79. The minimum Gasteiger partial charge on any atom is -0.377 e. The van der Waals surface area contributed by atoms with Gasteiger partial charge in [-0.2, -0.15) is 0 Å². The first-order valence-electron chi connectivity index (χ1n) is 4.18. The van der Waals surface area contributed by atoms with Crippen molar-refractivity contribution in [2.24, 2.45) is 0 Å². The second-order valence-corrected chi connectivity index (χ2v) is 3.82. The zero-order chi connectivity index (χ0) is 7.90. The molecule has 3 heteroatoms. The number of likely N-dealkylation sites (tertiary alicyclic amines) is 1. The molecule has 2 heterocycles. The number of rotatable bonds is 1. The molecule has 2 rings (SSSR count). The van der Waals surface area contributed by atoms with E-state index in [2.05, 4.69) is 11.8 Å². The Morgan fingerprint density at radius 1 is 1.55 bits per heavy atom. The van der Waals surface area contributed by atoms with Crippen molar-refractivity contribution < 1.29 is 9.13 Å². The topological polar surface area (TPSA) is 12.5 Å². The van der Waals surface area contributed by atoms with E-state index < -0.39 is 6.17 Å². The lowest BCUT2D eigenvalue weighted by atomic mass is 9.99. The Morgan fingerprint density at radius 2 is 2.27 bits per heavy atom. The molecule has 0 amide bonds. The number of ether oxygens (including phenoxy) is 1. The van der Waals surface area contributed by atoms with Gasteiger partial charge in [0, 0.05) is 13.1 Å². The third-order valence-electron chi connectivity index (χ3n) is 2.72. The van der Waals surface area contributed by atoms with E-state index in [1.165, 1.54) is 0 Å². The van der Waals surface area contributed by atoms with E-state index in [4.69, 9.17) is 4.74 Å². The molecule has 0 aromatic carbocycles. The molecule has 11 heavy (non-hydrogen) atoms. The average molecular weight is 159 g/mol. The van der Waals surface area contributed by atoms with Crippen molar-refractivity contribution in [2.75, 3.05) is 26.3 Å². The van der Waals surface area contributed by atoms with Gasteiger partial charge in [-0.25, -0.2) is 4.39 Å². The predicted molar refractivity (Wildman–Crippen MR) is 40.3 cm³/mol. The molecule has 2 aliphatic heterocycles. The van der Waals surface area contributed by atoms with Crippen LogP contribution in [0.15, 0.2) is 0 Å². The minimum atomic E-state index is -0.604. The monoisotopic (exact) mass is 159 g/mol. The molecule has 0 radical (unpaired) electrons. The predicted octanol–water partition coefficient (Wildman–Crippen LogP) is 0.819. The van der Waals surface area contributed by atoms with Crippen LogP contribution in [0.2, 0.25) is 0 Å². The maximum Gasteiger partial charge on any atom is 0.114 e. The lowest BCUT2D eigenvalue weighted by molar-refractivity contribution is -0.124. The zero-order valence-electron chi connectivity index (χ0n) is 6.85. The van der Waals surface area contributed by atoms with Gasteiger partial charge in [0.1, 0.15) is 6.17 Å². The van der Waals surface area contributed by atoms with Gasteiger partial charge in [-0.3, -0.25) is 4.90 Å². The molecule has 2 nitrogen and oxygen atoms in total. The van der Waals surface area contributed by atoms with Crippen molar-refractivity contribution in [3.63, 3.8) is 0 Å². The lowest BCUT2D eigenvalue weighted by Gasteiger charge is -2.45. The zero-order valence-corrected chi connectivity index (χ0v) is 6.85. The van der Waals surface area contributed by atoms with E-state index in [9.17, 15) is 4.39 Å². The molecule has 1 atom stereocenters. The molecule has 0 spiro atoms. The number of hydrogen-bond donors (Lipinski definition) is 0. The third kappa shape index (κ3) is 1.16. The molecule has 0 bridgehead atoms. The van der Waals surface area contributed by atoms with Crippen LogP contribution in [0.4, 0.5) is 4.39 Å². The molecular weight excluding hydrogens is 145 g/mol. The van der Waals surface area contributed by atoms with Gasteiger partial charge >= 0.3 is 0 Å². The van der Waals surface area contributed by atoms with E-state index in [0.717, 1.165) is 19.8 Å². The third-order valence-corrected chi connectivity index (χ3v) is 2.72. The fourth-order valence-electron chi connectivity index (χ4n) is 1.79. The van der Waals surface area contributed by atoms with Crippen molar-refractivity contribution in [3.05, 3.63) is 0 Å². The summed E-state index contributed by atoms with van der Waals surface area (Å²) in [6.07, 6.45) is 0.0997. The molecule has 0 aliphatic carbocycles. The SMILES string of the molecule is CC1(N2CC[C@@H](F)C2)COC1. The van der Waals surface area contributed by atoms with Gasteiger partial charge in [0.25, 0.3) is 0 Å². The standard InChI is InChI=1S/C8H14FNO/c1-8(5-11-6-8)10-3-2-7(9)4-10/h7H,2-6H2,1H3/t7-/m1/s1. The van der Waals surface area contributed by atoms with Crippen LogP contribution in [0.5, 0.6) is 0 Å². The van der Waals surface area contributed by atoms with Crippen molar-refractivity contribution in [1.29, 1.82) is 0 Å². The van der Waals surface area contributed by atoms with E-state index in [0.29, 0.717) is 13.0 Å². The Labute approximate surface area is 66.3 Å². The average Bonchev–Trinajstić information content (AvgIpc) is 2.31. The summed E-state index contributed by atoms with van der Waals surface area (Å²) in [6, 6.07) is 0. The highest BCUT2D eigenvalue weighted by molar-refractivity contribution is 4.95. The summed E-state index contributed by atoms with van der Waals surface area (Å²) in [7, 11) is 0. The highest BCUT2D eigenvalue weighted by atomic mass is 19.1.